The summed E-state index contributed by atoms with van der Waals surface area (Å²) in [4.78, 5) is 0. The van der Waals surface area contributed by atoms with Gasteiger partial charge < -0.3 is 0 Å². The summed E-state index contributed by atoms with van der Waals surface area (Å²) in [5.41, 5.74) is 0. The average Bonchev–Trinajstić information content (AvgIpc) is 1.86. The number of allylic oxidation sites excluding steroid dienone is 4. The quantitative estimate of drug-likeness (QED) is 0.439. The monoisotopic (exact) mass is 139 g/mol. The van der Waals surface area contributed by atoms with Gasteiger partial charge >= 0.3 is 45.6 Å². The van der Waals surface area contributed by atoms with E-state index in [0.29, 0.717) is 4.75 Å². The minimum atomic E-state index is 0.685. The summed E-state index contributed by atoms with van der Waals surface area (Å²) in [7, 11) is 0. The minimum absolute atomic E-state index is 0.685. The van der Waals surface area contributed by atoms with E-state index >= 15 is 0 Å². The van der Waals surface area contributed by atoms with Crippen LogP contribution in [0, 0.1) is 0 Å². The van der Waals surface area contributed by atoms with Crippen LogP contribution in [0.2, 0.25) is 4.75 Å². The molecule has 6 heavy (non-hydrogen) atoms. The first-order valence-corrected chi connectivity index (χ1v) is 3.17. The van der Waals surface area contributed by atoms with E-state index in [4.69, 9.17) is 0 Å². The Labute approximate surface area is 46.2 Å². The summed E-state index contributed by atoms with van der Waals surface area (Å²) in [5.74, 6) is 0. The van der Waals surface area contributed by atoms with Gasteiger partial charge in [0.15, 0.2) is 0 Å². The molecular weight excluding hydrogens is 133 g/mol. The molecule has 1 aliphatic carbocycles. The number of hydrogen-bond acceptors (Lipinski definition) is 0. The molecule has 0 nitrogen and oxygen atoms in total. The van der Waals surface area contributed by atoms with Crippen molar-refractivity contribution in [1.82, 2.24) is 0 Å². The van der Waals surface area contributed by atoms with Crippen molar-refractivity contribution in [2.75, 3.05) is 0 Å². The van der Waals surface area contributed by atoms with Gasteiger partial charge in [0.25, 0.3) is 0 Å². The normalized spacial score (nSPS) is 20.2. The molecule has 0 fully saturated rings. The van der Waals surface area contributed by atoms with Crippen LogP contribution in [-0.4, -0.2) is 16.5 Å². The van der Waals surface area contributed by atoms with E-state index in [-0.39, 0.29) is 0 Å². The van der Waals surface area contributed by atoms with Gasteiger partial charge in [-0.25, -0.2) is 0 Å². The predicted molar refractivity (Wildman–Crippen MR) is 27.8 cm³/mol. The third-order valence-corrected chi connectivity index (χ3v) is 1.56. The van der Waals surface area contributed by atoms with Crippen LogP contribution in [0.4, 0.5) is 0 Å². The summed E-state index contributed by atoms with van der Waals surface area (Å²) >= 11 is 2.17. The van der Waals surface area contributed by atoms with Crippen LogP contribution in [-0.2, 0) is 0 Å². The van der Waals surface area contributed by atoms with Crippen LogP contribution in [0.15, 0.2) is 24.3 Å². The van der Waals surface area contributed by atoms with Gasteiger partial charge in [-0.15, -0.1) is 0 Å². The standard InChI is InChI=1S/C5H5Ge/c6-5-3-1-2-4-5/h1-5H. The molecule has 0 saturated heterocycles. The van der Waals surface area contributed by atoms with Crippen LogP contribution in [0.25, 0.3) is 0 Å². The summed E-state index contributed by atoms with van der Waals surface area (Å²) in [6, 6.07) is 0. The van der Waals surface area contributed by atoms with E-state index in [2.05, 4.69) is 40.8 Å². The van der Waals surface area contributed by atoms with E-state index in [1.807, 2.05) is 0 Å². The van der Waals surface area contributed by atoms with Crippen molar-refractivity contribution in [3.8, 4) is 0 Å². The van der Waals surface area contributed by atoms with Gasteiger partial charge in [-0.1, -0.05) is 0 Å². The van der Waals surface area contributed by atoms with Gasteiger partial charge in [0.05, 0.1) is 0 Å². The van der Waals surface area contributed by atoms with Crippen molar-refractivity contribution in [1.29, 1.82) is 0 Å². The summed E-state index contributed by atoms with van der Waals surface area (Å²) < 4.78 is 0.685. The SMILES string of the molecule is [Ge][CH]1C=CC=C1. The summed E-state index contributed by atoms with van der Waals surface area (Å²) in [6.07, 6.45) is 8.48. The van der Waals surface area contributed by atoms with Crippen molar-refractivity contribution >= 4 is 16.5 Å². The van der Waals surface area contributed by atoms with Crippen LogP contribution in [0.5, 0.6) is 0 Å². The maximum absolute atomic E-state index is 2.17. The molecule has 1 aliphatic rings. The Bertz CT molecular complexity index is 80.1. The third kappa shape index (κ3) is 0.745. The van der Waals surface area contributed by atoms with Crippen LogP contribution in [0.1, 0.15) is 0 Å². The van der Waals surface area contributed by atoms with Crippen LogP contribution in [0.3, 0.4) is 0 Å². The molecule has 0 N–H and O–H groups in total. The van der Waals surface area contributed by atoms with Crippen molar-refractivity contribution in [2.45, 2.75) is 4.75 Å². The second-order valence-electron chi connectivity index (χ2n) is 1.30. The van der Waals surface area contributed by atoms with E-state index in [1.165, 1.54) is 0 Å². The molecule has 3 radical (unpaired) electrons. The summed E-state index contributed by atoms with van der Waals surface area (Å²) in [5, 5.41) is 0. The second kappa shape index (κ2) is 1.65. The Kier molecular flexibility index (Phi) is 1.15. The zero-order chi connectivity index (χ0) is 4.41. The molecule has 0 saturated carbocycles. The van der Waals surface area contributed by atoms with Crippen molar-refractivity contribution in [2.24, 2.45) is 0 Å². The van der Waals surface area contributed by atoms with Gasteiger partial charge in [0.2, 0.25) is 0 Å². The average molecular weight is 138 g/mol. The third-order valence-electron chi connectivity index (χ3n) is 0.748. The Balaban J connectivity index is 2.60. The van der Waals surface area contributed by atoms with Crippen molar-refractivity contribution in [3.05, 3.63) is 24.3 Å². The van der Waals surface area contributed by atoms with Crippen molar-refractivity contribution in [3.63, 3.8) is 0 Å². The van der Waals surface area contributed by atoms with E-state index in [1.54, 1.807) is 0 Å². The second-order valence-corrected chi connectivity index (χ2v) is 2.69. The predicted octanol–water partition coefficient (Wildman–Crippen LogP) is 1.07. The number of rotatable bonds is 0. The van der Waals surface area contributed by atoms with Gasteiger partial charge in [0.1, 0.15) is 0 Å². The molecular formula is C5H5Ge. The molecule has 0 atom stereocenters. The first-order valence-electron chi connectivity index (χ1n) is 1.96. The van der Waals surface area contributed by atoms with Gasteiger partial charge in [-0.2, -0.15) is 0 Å². The molecule has 0 bridgehead atoms. The van der Waals surface area contributed by atoms with E-state index in [0.717, 1.165) is 0 Å². The summed E-state index contributed by atoms with van der Waals surface area (Å²) in [6.45, 7) is 0. The van der Waals surface area contributed by atoms with Crippen molar-refractivity contribution < 1.29 is 0 Å². The number of hydrogen-bond donors (Lipinski definition) is 0. The topological polar surface area (TPSA) is 0 Å². The maximum atomic E-state index is 2.17. The molecule has 0 heterocycles. The Morgan fingerprint density at radius 1 is 1.17 bits per heavy atom. The zero-order valence-electron chi connectivity index (χ0n) is 3.39. The molecule has 0 amide bonds. The zero-order valence-corrected chi connectivity index (χ0v) is 5.48. The van der Waals surface area contributed by atoms with Gasteiger partial charge in [-0.05, 0) is 0 Å². The van der Waals surface area contributed by atoms with Crippen LogP contribution >= 0.6 is 0 Å². The molecule has 0 aromatic carbocycles. The van der Waals surface area contributed by atoms with E-state index in [9.17, 15) is 0 Å². The molecule has 0 aromatic rings. The Morgan fingerprint density at radius 3 is 1.83 bits per heavy atom. The molecule has 1 heteroatoms. The van der Waals surface area contributed by atoms with E-state index < -0.39 is 0 Å². The molecule has 1 rings (SSSR count). The fraction of sp³-hybridized carbons (Fsp3) is 0.200. The molecule has 0 aliphatic heterocycles. The first-order chi connectivity index (χ1) is 2.89. The Hall–Kier alpha value is 0.0229. The van der Waals surface area contributed by atoms with Gasteiger partial charge in [-0.3, -0.25) is 0 Å². The Morgan fingerprint density at radius 2 is 1.67 bits per heavy atom. The first kappa shape index (κ1) is 4.19. The fourth-order valence-corrected chi connectivity index (χ4v) is 0.898. The molecule has 29 valence electrons. The molecule has 0 unspecified atom stereocenters. The molecule has 0 aromatic heterocycles. The van der Waals surface area contributed by atoms with Gasteiger partial charge in [0, 0.05) is 0 Å². The van der Waals surface area contributed by atoms with Crippen LogP contribution < -0.4 is 0 Å². The molecule has 0 spiro atoms. The fourth-order valence-electron chi connectivity index (χ4n) is 0.432.